The minimum Gasteiger partial charge on any atom is -0.395 e. The van der Waals surface area contributed by atoms with Crippen molar-refractivity contribution in [2.75, 3.05) is 31.6 Å². The summed E-state index contributed by atoms with van der Waals surface area (Å²) in [6.45, 7) is 2.67. The van der Waals surface area contributed by atoms with Gasteiger partial charge in [-0.05, 0) is 18.9 Å². The highest BCUT2D eigenvalue weighted by atomic mass is 32.2. The molecule has 30 heavy (non-hydrogen) atoms. The first-order valence-electron chi connectivity index (χ1n) is 9.25. The fraction of sp³-hybridized carbons (Fsp3) is 0.529. The van der Waals surface area contributed by atoms with Gasteiger partial charge in [-0.3, -0.25) is 4.90 Å². The molecule has 0 bridgehead atoms. The zero-order chi connectivity index (χ0) is 21.9. The summed E-state index contributed by atoms with van der Waals surface area (Å²) in [5, 5.41) is 16.4. The Balaban J connectivity index is 1.76. The van der Waals surface area contributed by atoms with E-state index in [-0.39, 0.29) is 29.6 Å². The number of fused-ring (bicyclic) bond motifs is 1. The fourth-order valence-electron chi connectivity index (χ4n) is 3.32. The summed E-state index contributed by atoms with van der Waals surface area (Å²) in [5.74, 6) is 0.336. The third-order valence-electron chi connectivity index (χ3n) is 4.65. The maximum atomic E-state index is 12.7. The van der Waals surface area contributed by atoms with Gasteiger partial charge in [0.25, 0.3) is 0 Å². The largest absolute Gasteiger partial charge is 0.401 e. The number of sulfonamides is 1. The highest BCUT2D eigenvalue weighted by Gasteiger charge is 2.34. The normalized spacial score (nSPS) is 19.3. The third-order valence-corrected chi connectivity index (χ3v) is 6.16. The number of aromatic nitrogens is 3. The molecule has 2 aromatic heterocycles. The van der Waals surface area contributed by atoms with Crippen molar-refractivity contribution in [1.29, 1.82) is 0 Å². The molecule has 2 atom stereocenters. The lowest BCUT2D eigenvalue weighted by atomic mass is 10.2. The van der Waals surface area contributed by atoms with Gasteiger partial charge in [0.15, 0.2) is 5.65 Å². The standard InChI is InChI=1S/C17H23F3N6O3S/c1-2-3-13(10-27)24-30(28,29)14-8-21-26-7-5-15(23-16(14)26)22-12-4-6-25(9-12)11-17(18,19)20/h2,5,7-8,12-13,24,27H,1,3-4,6,9-11H2,(H,22,23)/t12?,13-/m0/s1. The second kappa shape index (κ2) is 8.88. The Morgan fingerprint density at radius 1 is 1.43 bits per heavy atom. The Morgan fingerprint density at radius 2 is 2.20 bits per heavy atom. The summed E-state index contributed by atoms with van der Waals surface area (Å²) >= 11 is 0. The molecule has 13 heteroatoms. The monoisotopic (exact) mass is 448 g/mol. The van der Waals surface area contributed by atoms with Crippen LogP contribution in [0.1, 0.15) is 12.8 Å². The van der Waals surface area contributed by atoms with Crippen molar-refractivity contribution < 1.29 is 26.7 Å². The van der Waals surface area contributed by atoms with E-state index in [1.807, 2.05) is 0 Å². The molecule has 1 saturated heterocycles. The Kier molecular flexibility index (Phi) is 6.65. The Labute approximate surface area is 171 Å². The molecule has 3 N–H and O–H groups in total. The van der Waals surface area contributed by atoms with Gasteiger partial charge in [0.05, 0.1) is 19.3 Å². The number of aliphatic hydroxyl groups is 1. The molecule has 0 radical (unpaired) electrons. The second-order valence-electron chi connectivity index (χ2n) is 7.10. The van der Waals surface area contributed by atoms with Crippen molar-refractivity contribution in [3.63, 3.8) is 0 Å². The fourth-order valence-corrected chi connectivity index (χ4v) is 4.62. The minimum absolute atomic E-state index is 0.0629. The minimum atomic E-state index is -4.25. The SMILES string of the molecule is C=CC[C@@H](CO)NS(=O)(=O)c1cnn2ccc(NC3CCN(CC(F)(F)F)C3)nc12. The van der Waals surface area contributed by atoms with Crippen molar-refractivity contribution in [3.8, 4) is 0 Å². The molecule has 3 rings (SSSR count). The lowest BCUT2D eigenvalue weighted by molar-refractivity contribution is -0.143. The average molecular weight is 448 g/mol. The predicted molar refractivity (Wildman–Crippen MR) is 104 cm³/mol. The summed E-state index contributed by atoms with van der Waals surface area (Å²) in [7, 11) is -4.01. The van der Waals surface area contributed by atoms with Gasteiger partial charge in [0, 0.05) is 31.4 Å². The maximum absolute atomic E-state index is 12.7. The van der Waals surface area contributed by atoms with Gasteiger partial charge in [-0.15, -0.1) is 6.58 Å². The van der Waals surface area contributed by atoms with Crippen molar-refractivity contribution >= 4 is 21.5 Å². The van der Waals surface area contributed by atoms with Crippen molar-refractivity contribution in [3.05, 3.63) is 31.1 Å². The smallest absolute Gasteiger partial charge is 0.395 e. The zero-order valence-electron chi connectivity index (χ0n) is 16.0. The van der Waals surface area contributed by atoms with Crippen LogP contribution in [0.2, 0.25) is 0 Å². The Hall–Kier alpha value is -2.22. The summed E-state index contributed by atoms with van der Waals surface area (Å²) in [6, 6.07) is 0.599. The van der Waals surface area contributed by atoms with E-state index in [9.17, 15) is 26.7 Å². The number of halogens is 3. The molecule has 2 aromatic rings. The molecule has 166 valence electrons. The van der Waals surface area contributed by atoms with Crippen LogP contribution < -0.4 is 10.0 Å². The van der Waals surface area contributed by atoms with Crippen LogP contribution in [0, 0.1) is 0 Å². The van der Waals surface area contributed by atoms with Crippen LogP contribution in [0.4, 0.5) is 19.0 Å². The number of nitrogens with one attached hydrogen (secondary N) is 2. The molecule has 0 aromatic carbocycles. The second-order valence-corrected chi connectivity index (χ2v) is 8.78. The van der Waals surface area contributed by atoms with Crippen LogP contribution in [0.3, 0.4) is 0 Å². The highest BCUT2D eigenvalue weighted by molar-refractivity contribution is 7.89. The van der Waals surface area contributed by atoms with Crippen molar-refractivity contribution in [2.24, 2.45) is 0 Å². The highest BCUT2D eigenvalue weighted by Crippen LogP contribution is 2.22. The van der Waals surface area contributed by atoms with Gasteiger partial charge in [0.1, 0.15) is 10.7 Å². The van der Waals surface area contributed by atoms with Gasteiger partial charge in [-0.2, -0.15) is 18.3 Å². The van der Waals surface area contributed by atoms with Crippen LogP contribution in [-0.2, 0) is 10.0 Å². The summed E-state index contributed by atoms with van der Waals surface area (Å²) in [5.41, 5.74) is 0.0629. The molecule has 0 spiro atoms. The van der Waals surface area contributed by atoms with Crippen LogP contribution in [0.15, 0.2) is 36.0 Å². The number of anilines is 1. The molecule has 0 amide bonds. The number of aliphatic hydroxyl groups excluding tert-OH is 1. The van der Waals surface area contributed by atoms with E-state index in [4.69, 9.17) is 0 Å². The maximum Gasteiger partial charge on any atom is 0.401 e. The van der Waals surface area contributed by atoms with E-state index in [2.05, 4.69) is 26.7 Å². The molecule has 1 unspecified atom stereocenters. The number of alkyl halides is 3. The van der Waals surface area contributed by atoms with E-state index < -0.39 is 35.4 Å². The first kappa shape index (κ1) is 22.5. The van der Waals surface area contributed by atoms with Gasteiger partial charge in [-0.1, -0.05) is 6.08 Å². The molecular formula is C17H23F3N6O3S. The Bertz CT molecular complexity index is 994. The number of nitrogens with zero attached hydrogens (tertiary/aromatic N) is 4. The number of likely N-dealkylation sites (tertiary alicyclic amines) is 1. The molecular weight excluding hydrogens is 425 g/mol. The van der Waals surface area contributed by atoms with Crippen LogP contribution >= 0.6 is 0 Å². The third kappa shape index (κ3) is 5.47. The summed E-state index contributed by atoms with van der Waals surface area (Å²) < 4.78 is 66.7. The first-order chi connectivity index (χ1) is 14.1. The van der Waals surface area contributed by atoms with E-state index >= 15 is 0 Å². The van der Waals surface area contributed by atoms with Gasteiger partial charge in [-0.25, -0.2) is 22.6 Å². The predicted octanol–water partition coefficient (Wildman–Crippen LogP) is 0.993. The topological polar surface area (TPSA) is 112 Å². The zero-order valence-corrected chi connectivity index (χ0v) is 16.8. The lowest BCUT2D eigenvalue weighted by Gasteiger charge is -2.18. The van der Waals surface area contributed by atoms with Crippen LogP contribution in [-0.4, -0.2) is 77.5 Å². The molecule has 3 heterocycles. The van der Waals surface area contributed by atoms with Crippen molar-refractivity contribution in [2.45, 2.75) is 36.0 Å². The van der Waals surface area contributed by atoms with E-state index in [1.165, 1.54) is 21.7 Å². The number of rotatable bonds is 9. The van der Waals surface area contributed by atoms with E-state index in [0.717, 1.165) is 6.20 Å². The summed E-state index contributed by atoms with van der Waals surface area (Å²) in [4.78, 5) is 5.43. The van der Waals surface area contributed by atoms with Gasteiger partial charge in [0.2, 0.25) is 10.0 Å². The van der Waals surface area contributed by atoms with Crippen molar-refractivity contribution in [1.82, 2.24) is 24.2 Å². The quantitative estimate of drug-likeness (QED) is 0.491. The molecule has 0 saturated carbocycles. The lowest BCUT2D eigenvalue weighted by Crippen LogP contribution is -2.37. The van der Waals surface area contributed by atoms with Gasteiger partial charge >= 0.3 is 6.18 Å². The van der Waals surface area contributed by atoms with E-state index in [0.29, 0.717) is 18.8 Å². The molecule has 1 fully saturated rings. The molecule has 1 aliphatic heterocycles. The summed E-state index contributed by atoms with van der Waals surface area (Å²) in [6.07, 6.45) is 0.651. The van der Waals surface area contributed by atoms with E-state index in [1.54, 1.807) is 6.07 Å². The van der Waals surface area contributed by atoms with Crippen LogP contribution in [0.25, 0.3) is 5.65 Å². The molecule has 9 nitrogen and oxygen atoms in total. The number of hydrogen-bond acceptors (Lipinski definition) is 7. The van der Waals surface area contributed by atoms with Gasteiger partial charge < -0.3 is 10.4 Å². The van der Waals surface area contributed by atoms with Crippen LogP contribution in [0.5, 0.6) is 0 Å². The first-order valence-corrected chi connectivity index (χ1v) is 10.7. The average Bonchev–Trinajstić information content (AvgIpc) is 3.26. The molecule has 1 aliphatic rings. The Morgan fingerprint density at radius 3 is 2.87 bits per heavy atom. The number of hydrogen-bond donors (Lipinski definition) is 3. The molecule has 0 aliphatic carbocycles.